The molecule has 1 spiro atoms. The molecule has 2 fully saturated rings. The predicted octanol–water partition coefficient (Wildman–Crippen LogP) is 2.29. The monoisotopic (exact) mass is 344 g/mol. The number of benzene rings is 1. The summed E-state index contributed by atoms with van der Waals surface area (Å²) in [5, 5.41) is 2.86. The van der Waals surface area contributed by atoms with E-state index in [2.05, 4.69) is 5.32 Å². The number of nitrogens with one attached hydrogen (secondary N) is 1. The Morgan fingerprint density at radius 1 is 1.36 bits per heavy atom. The standard InChI is InChI=1S/C19H24N2O4/c1-24-13-4-5-16-14(10-13)15(11-17(22)20-16)18(23)21-8-9-25-19(12-21)6-2-3-7-19/h4-5,10,15H,2-3,6-9,11-12H2,1H3,(H,20,22)/t15-/m0/s1. The molecule has 1 atom stereocenters. The van der Waals surface area contributed by atoms with E-state index in [-0.39, 0.29) is 23.8 Å². The number of carbonyl (C=O) groups is 2. The lowest BCUT2D eigenvalue weighted by atomic mass is 9.88. The van der Waals surface area contributed by atoms with Gasteiger partial charge in [-0.1, -0.05) is 12.8 Å². The lowest BCUT2D eigenvalue weighted by Crippen LogP contribution is -2.53. The van der Waals surface area contributed by atoms with E-state index in [0.717, 1.165) is 31.2 Å². The first-order valence-corrected chi connectivity index (χ1v) is 9.01. The van der Waals surface area contributed by atoms with Crippen molar-refractivity contribution in [3.8, 4) is 5.75 Å². The van der Waals surface area contributed by atoms with Crippen molar-refractivity contribution in [2.24, 2.45) is 0 Å². The Morgan fingerprint density at radius 3 is 2.92 bits per heavy atom. The molecule has 0 radical (unpaired) electrons. The van der Waals surface area contributed by atoms with E-state index in [1.807, 2.05) is 17.0 Å². The van der Waals surface area contributed by atoms with Crippen molar-refractivity contribution in [1.29, 1.82) is 0 Å². The number of nitrogens with zero attached hydrogens (tertiary/aromatic N) is 1. The smallest absolute Gasteiger partial charge is 0.230 e. The first-order valence-electron chi connectivity index (χ1n) is 9.01. The van der Waals surface area contributed by atoms with Crippen LogP contribution in [0.25, 0.3) is 0 Å². The zero-order valence-corrected chi connectivity index (χ0v) is 14.5. The number of anilines is 1. The summed E-state index contributed by atoms with van der Waals surface area (Å²) in [4.78, 5) is 27.2. The molecule has 1 saturated heterocycles. The van der Waals surface area contributed by atoms with Crippen LogP contribution in [-0.4, -0.2) is 49.1 Å². The summed E-state index contributed by atoms with van der Waals surface area (Å²) in [6.45, 7) is 1.82. The van der Waals surface area contributed by atoms with E-state index in [1.54, 1.807) is 13.2 Å². The molecule has 0 bridgehead atoms. The fourth-order valence-electron chi connectivity index (χ4n) is 4.36. The summed E-state index contributed by atoms with van der Waals surface area (Å²) in [7, 11) is 1.60. The van der Waals surface area contributed by atoms with Crippen LogP contribution in [-0.2, 0) is 14.3 Å². The third-order valence-electron chi connectivity index (χ3n) is 5.67. The highest BCUT2D eigenvalue weighted by Gasteiger charge is 2.43. The van der Waals surface area contributed by atoms with Crippen molar-refractivity contribution < 1.29 is 19.1 Å². The molecule has 6 nitrogen and oxygen atoms in total. The summed E-state index contributed by atoms with van der Waals surface area (Å²) in [6, 6.07) is 5.47. The van der Waals surface area contributed by atoms with Crippen molar-refractivity contribution >= 4 is 17.5 Å². The molecule has 2 amide bonds. The normalized spacial score (nSPS) is 24.8. The number of morpholine rings is 1. The van der Waals surface area contributed by atoms with Crippen molar-refractivity contribution in [3.05, 3.63) is 23.8 Å². The number of amides is 2. The minimum atomic E-state index is -0.449. The fraction of sp³-hybridized carbons (Fsp3) is 0.579. The van der Waals surface area contributed by atoms with Crippen LogP contribution >= 0.6 is 0 Å². The number of carbonyl (C=O) groups excluding carboxylic acids is 2. The Morgan fingerprint density at radius 2 is 2.16 bits per heavy atom. The van der Waals surface area contributed by atoms with Gasteiger partial charge in [0.2, 0.25) is 11.8 Å². The van der Waals surface area contributed by atoms with Crippen LogP contribution in [0.3, 0.4) is 0 Å². The molecule has 1 aromatic carbocycles. The van der Waals surface area contributed by atoms with Crippen LogP contribution in [0, 0.1) is 0 Å². The molecular weight excluding hydrogens is 320 g/mol. The molecule has 2 heterocycles. The second kappa shape index (κ2) is 6.33. The van der Waals surface area contributed by atoms with E-state index in [4.69, 9.17) is 9.47 Å². The van der Waals surface area contributed by atoms with Crippen molar-refractivity contribution in [2.45, 2.75) is 43.6 Å². The van der Waals surface area contributed by atoms with Gasteiger partial charge in [0, 0.05) is 25.2 Å². The Balaban J connectivity index is 1.60. The van der Waals surface area contributed by atoms with Crippen molar-refractivity contribution in [1.82, 2.24) is 4.90 Å². The SMILES string of the molecule is COc1ccc2c(c1)[C@@H](C(=O)N1CCOC3(CCCC3)C1)CC(=O)N2. The molecule has 1 saturated carbocycles. The van der Waals surface area contributed by atoms with Gasteiger partial charge in [-0.2, -0.15) is 0 Å². The molecule has 1 aliphatic carbocycles. The summed E-state index contributed by atoms with van der Waals surface area (Å²) in [5.41, 5.74) is 1.39. The zero-order valence-electron chi connectivity index (χ0n) is 14.5. The third-order valence-corrected chi connectivity index (χ3v) is 5.67. The highest BCUT2D eigenvalue weighted by atomic mass is 16.5. The van der Waals surface area contributed by atoms with E-state index < -0.39 is 5.92 Å². The van der Waals surface area contributed by atoms with Gasteiger partial charge in [-0.05, 0) is 36.6 Å². The van der Waals surface area contributed by atoms with E-state index in [9.17, 15) is 9.59 Å². The fourth-order valence-corrected chi connectivity index (χ4v) is 4.36. The second-order valence-corrected chi connectivity index (χ2v) is 7.26. The van der Waals surface area contributed by atoms with Gasteiger partial charge in [-0.3, -0.25) is 9.59 Å². The van der Waals surface area contributed by atoms with Gasteiger partial charge in [-0.25, -0.2) is 0 Å². The average Bonchev–Trinajstić information content (AvgIpc) is 3.07. The van der Waals surface area contributed by atoms with Crippen LogP contribution in [0.2, 0.25) is 0 Å². The maximum absolute atomic E-state index is 13.3. The topological polar surface area (TPSA) is 67.9 Å². The molecular formula is C19H24N2O4. The first-order chi connectivity index (χ1) is 12.1. The average molecular weight is 344 g/mol. The largest absolute Gasteiger partial charge is 0.497 e. The molecule has 6 heteroatoms. The van der Waals surface area contributed by atoms with Gasteiger partial charge in [0.05, 0.1) is 25.2 Å². The predicted molar refractivity (Wildman–Crippen MR) is 92.7 cm³/mol. The van der Waals surface area contributed by atoms with Gasteiger partial charge in [-0.15, -0.1) is 0 Å². The lowest BCUT2D eigenvalue weighted by molar-refractivity contribution is -0.152. The third kappa shape index (κ3) is 2.99. The summed E-state index contributed by atoms with van der Waals surface area (Å²) in [6.07, 6.45) is 4.55. The molecule has 25 heavy (non-hydrogen) atoms. The van der Waals surface area contributed by atoms with Gasteiger partial charge in [0.25, 0.3) is 0 Å². The molecule has 134 valence electrons. The number of hydrogen-bond donors (Lipinski definition) is 1. The van der Waals surface area contributed by atoms with E-state index in [1.165, 1.54) is 0 Å². The van der Waals surface area contributed by atoms with Crippen LogP contribution in [0.15, 0.2) is 18.2 Å². The van der Waals surface area contributed by atoms with Gasteiger partial charge < -0.3 is 19.7 Å². The van der Waals surface area contributed by atoms with Crippen molar-refractivity contribution in [3.63, 3.8) is 0 Å². The van der Waals surface area contributed by atoms with Crippen molar-refractivity contribution in [2.75, 3.05) is 32.1 Å². The molecule has 2 aliphatic heterocycles. The maximum atomic E-state index is 13.3. The molecule has 1 aromatic rings. The van der Waals surface area contributed by atoms with E-state index in [0.29, 0.717) is 31.1 Å². The van der Waals surface area contributed by atoms with Crippen LogP contribution in [0.4, 0.5) is 5.69 Å². The Kier molecular flexibility index (Phi) is 4.15. The van der Waals surface area contributed by atoms with Gasteiger partial charge in [0.1, 0.15) is 5.75 Å². The number of ether oxygens (including phenoxy) is 2. The van der Waals surface area contributed by atoms with Crippen LogP contribution < -0.4 is 10.1 Å². The molecule has 0 unspecified atom stereocenters. The van der Waals surface area contributed by atoms with Gasteiger partial charge >= 0.3 is 0 Å². The lowest BCUT2D eigenvalue weighted by Gasteiger charge is -2.42. The Labute approximate surface area is 147 Å². The minimum Gasteiger partial charge on any atom is -0.497 e. The summed E-state index contributed by atoms with van der Waals surface area (Å²) in [5.74, 6) is 0.163. The summed E-state index contributed by atoms with van der Waals surface area (Å²) >= 11 is 0. The zero-order chi connectivity index (χ0) is 17.4. The quantitative estimate of drug-likeness (QED) is 0.894. The maximum Gasteiger partial charge on any atom is 0.230 e. The number of methoxy groups -OCH3 is 1. The Hall–Kier alpha value is -2.08. The molecule has 1 N–H and O–H groups in total. The molecule has 0 aromatic heterocycles. The molecule has 3 aliphatic rings. The number of rotatable bonds is 2. The Bertz CT molecular complexity index is 697. The number of fused-ring (bicyclic) bond motifs is 1. The first kappa shape index (κ1) is 16.4. The second-order valence-electron chi connectivity index (χ2n) is 7.26. The van der Waals surface area contributed by atoms with Crippen LogP contribution in [0.5, 0.6) is 5.75 Å². The van der Waals surface area contributed by atoms with Crippen LogP contribution in [0.1, 0.15) is 43.6 Å². The summed E-state index contributed by atoms with van der Waals surface area (Å²) < 4.78 is 11.3. The molecule has 4 rings (SSSR count). The highest BCUT2D eigenvalue weighted by Crippen LogP contribution is 2.39. The minimum absolute atomic E-state index is 0.0268. The highest BCUT2D eigenvalue weighted by molar-refractivity contribution is 6.01. The van der Waals surface area contributed by atoms with Gasteiger partial charge in [0.15, 0.2) is 0 Å². The number of hydrogen-bond acceptors (Lipinski definition) is 4. The van der Waals surface area contributed by atoms with E-state index >= 15 is 0 Å².